The lowest BCUT2D eigenvalue weighted by Gasteiger charge is -2.10. The standard InChI is InChI=1S/C10H12F3NO6S2/c11-10(12,13)20-8-2-4-9(5-3-8)22(18,19)14-6-1-7-21(15,16)17/h2-5,14H,1,6-7H2,(H,15,16,17). The van der Waals surface area contributed by atoms with E-state index in [9.17, 15) is 30.0 Å². The van der Waals surface area contributed by atoms with Crippen molar-refractivity contribution < 1.29 is 39.3 Å². The maximum Gasteiger partial charge on any atom is 0.573 e. The predicted molar refractivity (Wildman–Crippen MR) is 69.3 cm³/mol. The van der Waals surface area contributed by atoms with Gasteiger partial charge in [0.15, 0.2) is 0 Å². The Kier molecular flexibility index (Phi) is 5.78. The monoisotopic (exact) mass is 363 g/mol. The highest BCUT2D eigenvalue weighted by atomic mass is 32.2. The van der Waals surface area contributed by atoms with Crippen LogP contribution in [0.3, 0.4) is 0 Å². The Labute approximate surface area is 124 Å². The molecule has 0 aliphatic heterocycles. The van der Waals surface area contributed by atoms with Crippen molar-refractivity contribution in [1.29, 1.82) is 0 Å². The maximum atomic E-state index is 12.0. The lowest BCUT2D eigenvalue weighted by atomic mass is 10.3. The van der Waals surface area contributed by atoms with Crippen LogP contribution in [0, 0.1) is 0 Å². The maximum absolute atomic E-state index is 12.0. The molecule has 0 amide bonds. The van der Waals surface area contributed by atoms with Crippen LogP contribution in [0.25, 0.3) is 0 Å². The molecular weight excluding hydrogens is 351 g/mol. The molecule has 0 atom stereocenters. The van der Waals surface area contributed by atoms with E-state index in [0.29, 0.717) is 0 Å². The molecule has 0 heterocycles. The Morgan fingerprint density at radius 1 is 1.09 bits per heavy atom. The second-order valence-electron chi connectivity index (χ2n) is 4.06. The molecule has 12 heteroatoms. The first-order chi connectivity index (χ1) is 9.89. The van der Waals surface area contributed by atoms with Crippen LogP contribution in [0.2, 0.25) is 0 Å². The summed E-state index contributed by atoms with van der Waals surface area (Å²) in [5.41, 5.74) is 0. The van der Waals surface area contributed by atoms with Crippen molar-refractivity contribution >= 4 is 20.1 Å². The zero-order valence-electron chi connectivity index (χ0n) is 10.9. The molecule has 0 bridgehead atoms. The number of sulfonamides is 1. The van der Waals surface area contributed by atoms with Gasteiger partial charge in [0.25, 0.3) is 10.1 Å². The average Bonchev–Trinajstić information content (AvgIpc) is 2.32. The Bertz CT molecular complexity index is 697. The van der Waals surface area contributed by atoms with Crippen molar-refractivity contribution in [3.8, 4) is 5.75 Å². The zero-order chi connectivity index (χ0) is 17.0. The summed E-state index contributed by atoms with van der Waals surface area (Å²) in [6.07, 6.45) is -5.04. The molecule has 1 aromatic carbocycles. The normalized spacial score (nSPS) is 13.1. The second-order valence-corrected chi connectivity index (χ2v) is 7.40. The lowest BCUT2D eigenvalue weighted by Crippen LogP contribution is -2.26. The number of halogens is 3. The van der Waals surface area contributed by atoms with Crippen molar-refractivity contribution in [3.63, 3.8) is 0 Å². The molecule has 0 radical (unpaired) electrons. The quantitative estimate of drug-likeness (QED) is 0.555. The Morgan fingerprint density at radius 2 is 1.64 bits per heavy atom. The molecule has 0 saturated carbocycles. The first-order valence-corrected chi connectivity index (χ1v) is 8.79. The van der Waals surface area contributed by atoms with Gasteiger partial charge in [-0.1, -0.05) is 0 Å². The fourth-order valence-corrected chi connectivity index (χ4v) is 2.95. The van der Waals surface area contributed by atoms with Crippen LogP contribution in [0.1, 0.15) is 6.42 Å². The minimum atomic E-state index is -4.88. The van der Waals surface area contributed by atoms with Gasteiger partial charge in [0.05, 0.1) is 10.6 Å². The summed E-state index contributed by atoms with van der Waals surface area (Å²) in [6, 6.07) is 3.48. The molecule has 0 saturated heterocycles. The van der Waals surface area contributed by atoms with Gasteiger partial charge in [-0.25, -0.2) is 13.1 Å². The number of rotatable bonds is 7. The van der Waals surface area contributed by atoms with E-state index >= 15 is 0 Å². The summed E-state index contributed by atoms with van der Waals surface area (Å²) in [4.78, 5) is -0.311. The molecule has 0 fully saturated rings. The van der Waals surface area contributed by atoms with Crippen LogP contribution in [0.15, 0.2) is 29.2 Å². The van der Waals surface area contributed by atoms with Crippen LogP contribution >= 0.6 is 0 Å². The molecule has 0 unspecified atom stereocenters. The fourth-order valence-electron chi connectivity index (χ4n) is 1.36. The van der Waals surface area contributed by atoms with Gasteiger partial charge in [-0.2, -0.15) is 8.42 Å². The molecule has 7 nitrogen and oxygen atoms in total. The summed E-state index contributed by atoms with van der Waals surface area (Å²) in [6.45, 7) is -0.261. The first kappa shape index (κ1) is 18.7. The fraction of sp³-hybridized carbons (Fsp3) is 0.400. The third kappa shape index (κ3) is 7.06. The van der Waals surface area contributed by atoms with Gasteiger partial charge < -0.3 is 4.74 Å². The second kappa shape index (κ2) is 6.81. The molecule has 0 aliphatic carbocycles. The molecule has 126 valence electrons. The topological polar surface area (TPSA) is 110 Å². The Morgan fingerprint density at radius 3 is 2.09 bits per heavy atom. The molecular formula is C10H12F3NO6S2. The zero-order valence-corrected chi connectivity index (χ0v) is 12.5. The minimum absolute atomic E-state index is 0.159. The number of benzene rings is 1. The Balaban J connectivity index is 2.66. The number of hydrogen-bond donors (Lipinski definition) is 2. The van der Waals surface area contributed by atoms with Gasteiger partial charge in [-0.3, -0.25) is 4.55 Å². The predicted octanol–water partition coefficient (Wildman–Crippen LogP) is 1.14. The Hall–Kier alpha value is -1.37. The summed E-state index contributed by atoms with van der Waals surface area (Å²) in [7, 11) is -8.19. The molecule has 1 rings (SSSR count). The van der Waals surface area contributed by atoms with E-state index in [1.165, 1.54) is 0 Å². The summed E-state index contributed by atoms with van der Waals surface area (Å²) < 4.78 is 94.4. The van der Waals surface area contributed by atoms with Gasteiger partial charge >= 0.3 is 6.36 Å². The number of nitrogens with one attached hydrogen (secondary N) is 1. The highest BCUT2D eigenvalue weighted by Crippen LogP contribution is 2.23. The van der Waals surface area contributed by atoms with Crippen LogP contribution < -0.4 is 9.46 Å². The molecule has 0 aliphatic rings. The van der Waals surface area contributed by atoms with E-state index in [2.05, 4.69) is 4.74 Å². The van der Waals surface area contributed by atoms with Gasteiger partial charge in [-0.05, 0) is 30.7 Å². The number of hydrogen-bond acceptors (Lipinski definition) is 5. The largest absolute Gasteiger partial charge is 0.573 e. The SMILES string of the molecule is O=S(=O)(O)CCCNS(=O)(=O)c1ccc(OC(F)(F)F)cc1. The lowest BCUT2D eigenvalue weighted by molar-refractivity contribution is -0.274. The van der Waals surface area contributed by atoms with E-state index in [1.807, 2.05) is 4.72 Å². The van der Waals surface area contributed by atoms with E-state index in [-0.39, 0.29) is 17.9 Å². The number of alkyl halides is 3. The third-order valence-corrected chi connectivity index (χ3v) is 4.52. The van der Waals surface area contributed by atoms with Crippen LogP contribution in [-0.4, -0.2) is 40.0 Å². The van der Waals surface area contributed by atoms with E-state index in [0.717, 1.165) is 24.3 Å². The van der Waals surface area contributed by atoms with Crippen molar-refractivity contribution in [2.45, 2.75) is 17.7 Å². The van der Waals surface area contributed by atoms with Crippen molar-refractivity contribution in [1.82, 2.24) is 4.72 Å². The molecule has 1 aromatic rings. The molecule has 22 heavy (non-hydrogen) atoms. The van der Waals surface area contributed by atoms with Gasteiger partial charge in [0, 0.05) is 6.54 Å². The van der Waals surface area contributed by atoms with Crippen molar-refractivity contribution in [3.05, 3.63) is 24.3 Å². The first-order valence-electron chi connectivity index (χ1n) is 5.70. The minimum Gasteiger partial charge on any atom is -0.406 e. The smallest absolute Gasteiger partial charge is 0.406 e. The van der Waals surface area contributed by atoms with Gasteiger partial charge in [0.1, 0.15) is 5.75 Å². The average molecular weight is 363 g/mol. The van der Waals surface area contributed by atoms with Crippen LogP contribution in [0.4, 0.5) is 13.2 Å². The highest BCUT2D eigenvalue weighted by Gasteiger charge is 2.31. The summed E-state index contributed by atoms with van der Waals surface area (Å²) in [5.74, 6) is -1.19. The van der Waals surface area contributed by atoms with Gasteiger partial charge in [0.2, 0.25) is 10.0 Å². The summed E-state index contributed by atoms with van der Waals surface area (Å²) in [5, 5.41) is 0. The van der Waals surface area contributed by atoms with E-state index in [1.54, 1.807) is 0 Å². The van der Waals surface area contributed by atoms with Gasteiger partial charge in [-0.15, -0.1) is 13.2 Å². The summed E-state index contributed by atoms with van der Waals surface area (Å²) >= 11 is 0. The van der Waals surface area contributed by atoms with E-state index < -0.39 is 38.0 Å². The van der Waals surface area contributed by atoms with E-state index in [4.69, 9.17) is 4.55 Å². The molecule has 2 N–H and O–H groups in total. The molecule has 0 aromatic heterocycles. The van der Waals surface area contributed by atoms with Crippen LogP contribution in [-0.2, 0) is 20.1 Å². The third-order valence-electron chi connectivity index (χ3n) is 2.24. The molecule has 0 spiro atoms. The number of ether oxygens (including phenoxy) is 1. The van der Waals surface area contributed by atoms with Crippen molar-refractivity contribution in [2.24, 2.45) is 0 Å². The van der Waals surface area contributed by atoms with Crippen molar-refractivity contribution in [2.75, 3.05) is 12.3 Å². The van der Waals surface area contributed by atoms with Crippen LogP contribution in [0.5, 0.6) is 5.75 Å². The highest BCUT2D eigenvalue weighted by molar-refractivity contribution is 7.89.